The maximum Gasteiger partial charge on any atom is 0.222 e. The summed E-state index contributed by atoms with van der Waals surface area (Å²) in [7, 11) is -3.37. The average molecular weight is 457 g/mol. The lowest BCUT2D eigenvalue weighted by Crippen LogP contribution is -2.57. The summed E-state index contributed by atoms with van der Waals surface area (Å²) in [6.07, 6.45) is 6.44. The van der Waals surface area contributed by atoms with Gasteiger partial charge < -0.3 is 9.64 Å². The van der Waals surface area contributed by atoms with Crippen molar-refractivity contribution in [3.05, 3.63) is 54.1 Å². The Labute approximate surface area is 191 Å². The molecule has 2 aromatic rings. The molecular weight excluding hydrogens is 424 g/mol. The van der Waals surface area contributed by atoms with Gasteiger partial charge in [-0.25, -0.2) is 13.1 Å². The van der Waals surface area contributed by atoms with E-state index in [9.17, 15) is 13.2 Å². The normalized spacial score (nSPS) is 22.7. The third kappa shape index (κ3) is 5.70. The van der Waals surface area contributed by atoms with E-state index in [0.29, 0.717) is 26.0 Å². The van der Waals surface area contributed by atoms with Crippen molar-refractivity contribution in [2.75, 3.05) is 19.4 Å². The monoisotopic (exact) mass is 456 g/mol. The summed E-state index contributed by atoms with van der Waals surface area (Å²) in [5.41, 5.74) is 3.19. The Morgan fingerprint density at radius 2 is 1.88 bits per heavy atom. The van der Waals surface area contributed by atoms with Crippen LogP contribution in [0.15, 0.2) is 48.5 Å². The predicted molar refractivity (Wildman–Crippen MR) is 126 cm³/mol. The molecule has 0 saturated carbocycles. The molecule has 2 bridgehead atoms. The summed E-state index contributed by atoms with van der Waals surface area (Å²) in [5.74, 6) is 0.983. The van der Waals surface area contributed by atoms with Gasteiger partial charge in [0.25, 0.3) is 0 Å². The van der Waals surface area contributed by atoms with E-state index in [4.69, 9.17) is 4.74 Å². The Hall–Kier alpha value is -2.38. The molecule has 2 aliphatic heterocycles. The number of benzene rings is 2. The highest BCUT2D eigenvalue weighted by atomic mass is 32.2. The summed E-state index contributed by atoms with van der Waals surface area (Å²) in [4.78, 5) is 15.0. The molecule has 2 atom stereocenters. The number of piperidine rings is 1. The van der Waals surface area contributed by atoms with Crippen LogP contribution in [0, 0.1) is 0 Å². The van der Waals surface area contributed by atoms with Crippen LogP contribution in [-0.4, -0.2) is 50.7 Å². The SMILES string of the molecule is CS(=O)(=O)NC1CCCN2C(=O)CCCCCOc3ccccc3-c3cccc(c3)CC12. The number of carbonyl (C=O) groups excluding carboxylic acids is 1. The van der Waals surface area contributed by atoms with Crippen LogP contribution in [0.25, 0.3) is 11.1 Å². The summed E-state index contributed by atoms with van der Waals surface area (Å²) in [5, 5.41) is 0. The quantitative estimate of drug-likeness (QED) is 0.747. The Kier molecular flexibility index (Phi) is 7.16. The van der Waals surface area contributed by atoms with Gasteiger partial charge in [-0.05, 0) is 55.7 Å². The molecule has 172 valence electrons. The van der Waals surface area contributed by atoms with E-state index in [-0.39, 0.29) is 18.0 Å². The summed E-state index contributed by atoms with van der Waals surface area (Å²) < 4.78 is 33.0. The van der Waals surface area contributed by atoms with E-state index in [0.717, 1.165) is 54.5 Å². The van der Waals surface area contributed by atoms with E-state index in [2.05, 4.69) is 29.0 Å². The van der Waals surface area contributed by atoms with Crippen molar-refractivity contribution >= 4 is 15.9 Å². The van der Waals surface area contributed by atoms with Gasteiger partial charge in [0.2, 0.25) is 15.9 Å². The molecule has 2 unspecified atom stereocenters. The number of rotatable bonds is 2. The van der Waals surface area contributed by atoms with Gasteiger partial charge in [0.15, 0.2) is 0 Å². The molecule has 0 aromatic heterocycles. The Morgan fingerprint density at radius 1 is 1.03 bits per heavy atom. The molecule has 32 heavy (non-hydrogen) atoms. The zero-order chi connectivity index (χ0) is 22.6. The van der Waals surface area contributed by atoms with E-state index in [1.807, 2.05) is 29.2 Å². The highest BCUT2D eigenvalue weighted by molar-refractivity contribution is 7.88. The molecule has 2 heterocycles. The summed E-state index contributed by atoms with van der Waals surface area (Å²) in [6, 6.07) is 15.9. The number of para-hydroxylation sites is 1. The van der Waals surface area contributed by atoms with Gasteiger partial charge in [-0.1, -0.05) is 42.5 Å². The number of nitrogens with one attached hydrogen (secondary N) is 1. The van der Waals surface area contributed by atoms with Gasteiger partial charge in [-0.3, -0.25) is 4.79 Å². The first-order chi connectivity index (χ1) is 15.4. The third-order valence-corrected chi connectivity index (χ3v) is 7.06. The molecule has 0 spiro atoms. The smallest absolute Gasteiger partial charge is 0.222 e. The molecular formula is C25H32N2O4S. The number of carbonyl (C=O) groups is 1. The van der Waals surface area contributed by atoms with Crippen molar-refractivity contribution in [2.45, 2.75) is 57.0 Å². The zero-order valence-electron chi connectivity index (χ0n) is 18.6. The van der Waals surface area contributed by atoms with Crippen LogP contribution in [0.2, 0.25) is 0 Å². The van der Waals surface area contributed by atoms with Crippen LogP contribution in [0.1, 0.15) is 44.1 Å². The molecule has 1 amide bonds. The number of amides is 1. The van der Waals surface area contributed by atoms with Gasteiger partial charge >= 0.3 is 0 Å². The minimum atomic E-state index is -3.37. The molecule has 4 rings (SSSR count). The number of hydrogen-bond acceptors (Lipinski definition) is 4. The largest absolute Gasteiger partial charge is 0.493 e. The van der Waals surface area contributed by atoms with E-state index in [1.54, 1.807) is 0 Å². The van der Waals surface area contributed by atoms with Crippen LogP contribution in [0.3, 0.4) is 0 Å². The van der Waals surface area contributed by atoms with Crippen molar-refractivity contribution in [1.82, 2.24) is 9.62 Å². The lowest BCUT2D eigenvalue weighted by molar-refractivity contribution is -0.135. The van der Waals surface area contributed by atoms with Crippen molar-refractivity contribution in [2.24, 2.45) is 0 Å². The van der Waals surface area contributed by atoms with Crippen LogP contribution in [0.5, 0.6) is 5.75 Å². The summed E-state index contributed by atoms with van der Waals surface area (Å²) in [6.45, 7) is 1.30. The number of hydrogen-bond donors (Lipinski definition) is 1. The van der Waals surface area contributed by atoms with E-state index in [1.165, 1.54) is 6.26 Å². The van der Waals surface area contributed by atoms with Gasteiger partial charge in [0.1, 0.15) is 5.75 Å². The lowest BCUT2D eigenvalue weighted by atomic mass is 9.90. The Morgan fingerprint density at radius 3 is 2.72 bits per heavy atom. The molecule has 0 aliphatic carbocycles. The molecule has 2 aromatic carbocycles. The third-order valence-electron chi connectivity index (χ3n) is 6.33. The van der Waals surface area contributed by atoms with Gasteiger partial charge in [-0.2, -0.15) is 0 Å². The fourth-order valence-corrected chi connectivity index (χ4v) is 5.68. The first kappa shape index (κ1) is 22.8. The molecule has 1 fully saturated rings. The van der Waals surface area contributed by atoms with Crippen molar-refractivity contribution in [1.29, 1.82) is 0 Å². The highest BCUT2D eigenvalue weighted by Crippen LogP contribution is 2.32. The van der Waals surface area contributed by atoms with Crippen molar-refractivity contribution < 1.29 is 17.9 Å². The predicted octanol–water partition coefficient (Wildman–Crippen LogP) is 3.76. The van der Waals surface area contributed by atoms with Crippen LogP contribution >= 0.6 is 0 Å². The lowest BCUT2D eigenvalue weighted by Gasteiger charge is -2.41. The number of sulfonamides is 1. The van der Waals surface area contributed by atoms with Crippen LogP contribution in [0.4, 0.5) is 0 Å². The first-order valence-corrected chi connectivity index (χ1v) is 13.4. The molecule has 1 saturated heterocycles. The first-order valence-electron chi connectivity index (χ1n) is 11.5. The second-order valence-corrected chi connectivity index (χ2v) is 10.6. The Bertz CT molecular complexity index is 1050. The van der Waals surface area contributed by atoms with Gasteiger partial charge in [-0.15, -0.1) is 0 Å². The second kappa shape index (κ2) is 10.0. The zero-order valence-corrected chi connectivity index (χ0v) is 19.4. The van der Waals surface area contributed by atoms with E-state index < -0.39 is 10.0 Å². The standard InChI is InChI=1S/C25H32N2O4S/c1-32(29,30)26-22-12-8-15-27-23(22)18-19-9-7-10-20(17-19)21-11-4-5-13-24(21)31-16-6-2-3-14-25(27)28/h4-5,7,9-11,13,17,22-23,26H,2-3,6,8,12,14-16,18H2,1H3. The fraction of sp³-hybridized carbons (Fsp3) is 0.480. The van der Waals surface area contributed by atoms with Crippen LogP contribution in [-0.2, 0) is 21.2 Å². The molecule has 2 aliphatic rings. The molecule has 0 radical (unpaired) electrons. The van der Waals surface area contributed by atoms with Crippen LogP contribution < -0.4 is 9.46 Å². The maximum atomic E-state index is 13.1. The fourth-order valence-electron chi connectivity index (χ4n) is 4.85. The highest BCUT2D eigenvalue weighted by Gasteiger charge is 2.35. The van der Waals surface area contributed by atoms with Gasteiger partial charge in [0.05, 0.1) is 18.9 Å². The average Bonchev–Trinajstić information content (AvgIpc) is 2.76. The van der Waals surface area contributed by atoms with Gasteiger partial charge in [0, 0.05) is 24.6 Å². The second-order valence-electron chi connectivity index (χ2n) is 8.85. The molecule has 6 nitrogen and oxygen atoms in total. The minimum absolute atomic E-state index is 0.116. The van der Waals surface area contributed by atoms with E-state index >= 15 is 0 Å². The molecule has 7 heteroatoms. The van der Waals surface area contributed by atoms with Crippen molar-refractivity contribution in [3.8, 4) is 16.9 Å². The minimum Gasteiger partial charge on any atom is -0.493 e. The summed E-state index contributed by atoms with van der Waals surface area (Å²) >= 11 is 0. The number of nitrogens with zero attached hydrogens (tertiary/aromatic N) is 1. The number of ether oxygens (including phenoxy) is 1. The van der Waals surface area contributed by atoms with Crippen molar-refractivity contribution in [3.63, 3.8) is 0 Å². The number of fused-ring (bicyclic) bond motifs is 5. The Balaban J connectivity index is 1.71. The topological polar surface area (TPSA) is 75.7 Å². The maximum absolute atomic E-state index is 13.1. The molecule has 1 N–H and O–H groups in total.